The van der Waals surface area contributed by atoms with Crippen molar-refractivity contribution in [2.75, 3.05) is 19.8 Å². The van der Waals surface area contributed by atoms with E-state index in [2.05, 4.69) is 17.2 Å². The molecule has 0 aliphatic carbocycles. The van der Waals surface area contributed by atoms with Crippen LogP contribution in [0.5, 0.6) is 0 Å². The zero-order chi connectivity index (χ0) is 15.7. The molecule has 0 aliphatic heterocycles. The summed E-state index contributed by atoms with van der Waals surface area (Å²) in [7, 11) is 0. The molecule has 0 saturated carbocycles. The summed E-state index contributed by atoms with van der Waals surface area (Å²) in [5.74, 6) is -1.41. The number of amides is 1. The number of thiazole rings is 1. The zero-order valence-corrected chi connectivity index (χ0v) is 13.3. The van der Waals surface area contributed by atoms with Gasteiger partial charge in [0.05, 0.1) is 23.0 Å². The van der Waals surface area contributed by atoms with E-state index in [1.165, 1.54) is 0 Å². The van der Waals surface area contributed by atoms with Gasteiger partial charge in [-0.15, -0.1) is 11.3 Å². The molecule has 1 rings (SSSR count). The first-order valence-corrected chi connectivity index (χ1v) is 7.88. The number of carboxylic acid groups (broad SMARTS) is 1. The van der Waals surface area contributed by atoms with Crippen LogP contribution >= 0.6 is 11.3 Å². The fourth-order valence-corrected chi connectivity index (χ4v) is 2.57. The van der Waals surface area contributed by atoms with E-state index in [1.54, 1.807) is 6.92 Å². The van der Waals surface area contributed by atoms with E-state index >= 15 is 0 Å². The lowest BCUT2D eigenvalue weighted by atomic mass is 10.3. The molecule has 0 aromatic carbocycles. The minimum absolute atomic E-state index is 0.0853. The van der Waals surface area contributed by atoms with Gasteiger partial charge in [-0.25, -0.2) is 4.98 Å². The maximum absolute atomic E-state index is 11.7. The molecule has 1 heterocycles. The van der Waals surface area contributed by atoms with Crippen LogP contribution in [-0.4, -0.2) is 36.6 Å². The smallest absolute Gasteiger partial charge is 0.226 e. The summed E-state index contributed by atoms with van der Waals surface area (Å²) in [5.41, 5.74) is 0.395. The molecule has 1 aromatic rings. The number of hydrogen-bond acceptors (Lipinski definition) is 6. The zero-order valence-electron chi connectivity index (χ0n) is 12.4. The van der Waals surface area contributed by atoms with E-state index < -0.39 is 5.97 Å². The normalized spacial score (nSPS) is 10.6. The lowest BCUT2D eigenvalue weighted by Gasteiger charge is -2.05. The molecule has 0 fully saturated rings. The Hall–Kier alpha value is -1.47. The highest BCUT2D eigenvalue weighted by Gasteiger charge is 2.11. The van der Waals surface area contributed by atoms with Crippen molar-refractivity contribution < 1.29 is 19.4 Å². The monoisotopic (exact) mass is 313 g/mol. The first-order chi connectivity index (χ1) is 10.0. The van der Waals surface area contributed by atoms with Crippen LogP contribution in [0.2, 0.25) is 0 Å². The van der Waals surface area contributed by atoms with Crippen molar-refractivity contribution in [2.24, 2.45) is 0 Å². The molecular formula is C14H21N2O4S-. The van der Waals surface area contributed by atoms with Gasteiger partial charge in [-0.05, 0) is 19.8 Å². The van der Waals surface area contributed by atoms with Crippen LogP contribution in [0.15, 0.2) is 0 Å². The third kappa shape index (κ3) is 6.68. The number of carboxylic acids is 1. The van der Waals surface area contributed by atoms with Gasteiger partial charge in [0.15, 0.2) is 0 Å². The van der Waals surface area contributed by atoms with E-state index in [4.69, 9.17) is 4.74 Å². The molecular weight excluding hydrogens is 292 g/mol. The van der Waals surface area contributed by atoms with Crippen molar-refractivity contribution in [2.45, 2.75) is 39.5 Å². The van der Waals surface area contributed by atoms with Crippen LogP contribution in [0.1, 0.15) is 46.6 Å². The average Bonchev–Trinajstić information content (AvgIpc) is 2.78. The molecule has 1 amide bonds. The number of unbranched alkanes of at least 4 members (excludes halogenated alkanes) is 1. The Bertz CT molecular complexity index is 474. The third-order valence-corrected chi connectivity index (χ3v) is 3.91. The number of carbonyl (C=O) groups excluding carboxylic acids is 2. The van der Waals surface area contributed by atoms with Gasteiger partial charge >= 0.3 is 0 Å². The summed E-state index contributed by atoms with van der Waals surface area (Å²) in [6, 6.07) is 0. The van der Waals surface area contributed by atoms with Gasteiger partial charge in [0.2, 0.25) is 5.91 Å². The number of carbonyl (C=O) groups is 2. The predicted octanol–water partition coefficient (Wildman–Crippen LogP) is 0.681. The predicted molar refractivity (Wildman–Crippen MR) is 78.2 cm³/mol. The maximum Gasteiger partial charge on any atom is 0.226 e. The van der Waals surface area contributed by atoms with Crippen molar-refractivity contribution in [1.29, 1.82) is 0 Å². The highest BCUT2D eigenvalue weighted by Crippen LogP contribution is 2.17. The molecule has 0 aliphatic rings. The van der Waals surface area contributed by atoms with Gasteiger partial charge in [0, 0.05) is 19.8 Å². The average molecular weight is 313 g/mol. The van der Waals surface area contributed by atoms with Crippen LogP contribution in [-0.2, 0) is 16.0 Å². The standard InChI is InChI=1S/C14H22N2O4S/c1-3-4-7-20-8-5-6-15-11(17)9-12-16-10(2)13(21-12)14(18)19/h3-9H2,1-2H3,(H,15,17)(H,18,19)/p-1. The number of aryl methyl sites for hydroxylation is 1. The molecule has 6 nitrogen and oxygen atoms in total. The molecule has 1 aromatic heterocycles. The third-order valence-electron chi connectivity index (χ3n) is 2.77. The first kappa shape index (κ1) is 17.6. The topological polar surface area (TPSA) is 91.3 Å². The van der Waals surface area contributed by atoms with Crippen LogP contribution in [0.3, 0.4) is 0 Å². The Morgan fingerprint density at radius 1 is 1.33 bits per heavy atom. The molecule has 118 valence electrons. The summed E-state index contributed by atoms with van der Waals surface area (Å²) >= 11 is 0.990. The SMILES string of the molecule is CCCCOCCCNC(=O)Cc1nc(C)c(C(=O)[O-])s1. The Morgan fingerprint density at radius 2 is 2.05 bits per heavy atom. The maximum atomic E-state index is 11.7. The van der Waals surface area contributed by atoms with Crippen LogP contribution in [0, 0.1) is 6.92 Å². The van der Waals surface area contributed by atoms with E-state index in [9.17, 15) is 14.7 Å². The van der Waals surface area contributed by atoms with Gasteiger partial charge < -0.3 is 20.0 Å². The Labute approximate surface area is 128 Å². The van der Waals surface area contributed by atoms with Crippen LogP contribution < -0.4 is 10.4 Å². The minimum atomic E-state index is -1.25. The summed E-state index contributed by atoms with van der Waals surface area (Å²) < 4.78 is 5.39. The van der Waals surface area contributed by atoms with Crippen molar-refractivity contribution >= 4 is 23.2 Å². The van der Waals surface area contributed by atoms with Crippen molar-refractivity contribution in [3.05, 3.63) is 15.6 Å². The number of nitrogens with one attached hydrogen (secondary N) is 1. The van der Waals surface area contributed by atoms with Crippen molar-refractivity contribution in [3.63, 3.8) is 0 Å². The Balaban J connectivity index is 2.22. The van der Waals surface area contributed by atoms with E-state index in [0.717, 1.165) is 37.2 Å². The number of aromatic carboxylic acids is 1. The summed E-state index contributed by atoms with van der Waals surface area (Å²) in [5, 5.41) is 14.0. The number of hydrogen-bond donors (Lipinski definition) is 1. The highest BCUT2D eigenvalue weighted by molar-refractivity contribution is 7.13. The van der Waals surface area contributed by atoms with Gasteiger partial charge in [-0.2, -0.15) is 0 Å². The molecule has 0 spiro atoms. The molecule has 0 radical (unpaired) electrons. The fourth-order valence-electron chi connectivity index (χ4n) is 1.67. The van der Waals surface area contributed by atoms with Crippen LogP contribution in [0.25, 0.3) is 0 Å². The second kappa shape index (κ2) is 9.46. The van der Waals surface area contributed by atoms with Gasteiger partial charge in [0.1, 0.15) is 5.01 Å². The van der Waals surface area contributed by atoms with Crippen LogP contribution in [0.4, 0.5) is 0 Å². The van der Waals surface area contributed by atoms with Gasteiger partial charge in [0.25, 0.3) is 0 Å². The number of ether oxygens (including phenoxy) is 1. The summed E-state index contributed by atoms with van der Waals surface area (Å²) in [4.78, 5) is 26.6. The van der Waals surface area contributed by atoms with Gasteiger partial charge in [-0.1, -0.05) is 13.3 Å². The second-order valence-corrected chi connectivity index (χ2v) is 5.74. The Kier molecular flexibility index (Phi) is 7.92. The molecule has 1 N–H and O–H groups in total. The molecule has 0 bridgehead atoms. The fraction of sp³-hybridized carbons (Fsp3) is 0.643. The van der Waals surface area contributed by atoms with E-state index in [0.29, 0.717) is 23.9 Å². The summed E-state index contributed by atoms with van der Waals surface area (Å²) in [6.07, 6.45) is 3.01. The van der Waals surface area contributed by atoms with Crippen molar-refractivity contribution in [3.8, 4) is 0 Å². The molecule has 0 unspecified atom stereocenters. The highest BCUT2D eigenvalue weighted by atomic mass is 32.1. The van der Waals surface area contributed by atoms with E-state index in [1.807, 2.05) is 0 Å². The lowest BCUT2D eigenvalue weighted by Crippen LogP contribution is -2.26. The van der Waals surface area contributed by atoms with Crippen molar-refractivity contribution in [1.82, 2.24) is 10.3 Å². The Morgan fingerprint density at radius 3 is 2.67 bits per heavy atom. The first-order valence-electron chi connectivity index (χ1n) is 7.06. The molecule has 21 heavy (non-hydrogen) atoms. The summed E-state index contributed by atoms with van der Waals surface area (Å²) in [6.45, 7) is 5.63. The number of rotatable bonds is 10. The quantitative estimate of drug-likeness (QED) is 0.641. The van der Waals surface area contributed by atoms with Gasteiger partial charge in [-0.3, -0.25) is 4.79 Å². The second-order valence-electron chi connectivity index (χ2n) is 4.66. The number of nitrogens with zero attached hydrogens (tertiary/aromatic N) is 1. The largest absolute Gasteiger partial charge is 0.544 e. The lowest BCUT2D eigenvalue weighted by molar-refractivity contribution is -0.254. The molecule has 0 atom stereocenters. The molecule has 7 heteroatoms. The number of aromatic nitrogens is 1. The minimum Gasteiger partial charge on any atom is -0.544 e. The van der Waals surface area contributed by atoms with E-state index in [-0.39, 0.29) is 17.2 Å². The molecule has 0 saturated heterocycles.